The lowest BCUT2D eigenvalue weighted by molar-refractivity contribution is -0.142. The number of nitrogens with zero attached hydrogens (tertiary/aromatic N) is 2. The van der Waals surface area contributed by atoms with Crippen molar-refractivity contribution in [3.8, 4) is 11.3 Å². The highest BCUT2D eigenvalue weighted by Gasteiger charge is 2.20. The Labute approximate surface area is 147 Å². The van der Waals surface area contributed by atoms with Gasteiger partial charge in [-0.3, -0.25) is 19.5 Å². The minimum atomic E-state index is -0.885. The molecule has 0 aliphatic heterocycles. The van der Waals surface area contributed by atoms with Gasteiger partial charge in [-0.25, -0.2) is 0 Å². The van der Waals surface area contributed by atoms with Crippen LogP contribution < -0.4 is 5.32 Å². The maximum absolute atomic E-state index is 11.4. The predicted octanol–water partition coefficient (Wildman–Crippen LogP) is 2.16. The molecule has 0 aliphatic carbocycles. The first-order valence-corrected chi connectivity index (χ1v) is 8.19. The Hall–Kier alpha value is -2.73. The summed E-state index contributed by atoms with van der Waals surface area (Å²) in [6.45, 7) is 4.45. The van der Waals surface area contributed by atoms with Gasteiger partial charge >= 0.3 is 5.97 Å². The molecule has 2 rings (SSSR count). The van der Waals surface area contributed by atoms with Crippen LogP contribution in [0.3, 0.4) is 0 Å². The smallest absolute Gasteiger partial charge is 0.320 e. The summed E-state index contributed by atoms with van der Waals surface area (Å²) in [6, 6.07) is 13.0. The van der Waals surface area contributed by atoms with E-state index in [9.17, 15) is 14.7 Å². The molecule has 2 aromatic rings. The zero-order chi connectivity index (χ0) is 18.2. The van der Waals surface area contributed by atoms with Crippen molar-refractivity contribution >= 4 is 11.9 Å². The van der Waals surface area contributed by atoms with Gasteiger partial charge in [-0.2, -0.15) is 0 Å². The lowest BCUT2D eigenvalue weighted by atomic mass is 10.1. The fraction of sp³-hybridized carbons (Fsp3) is 0.316. The Bertz CT molecular complexity index is 719. The molecule has 0 aliphatic rings. The molecule has 0 bridgehead atoms. The largest absolute Gasteiger partial charge is 0.480 e. The Morgan fingerprint density at radius 3 is 2.68 bits per heavy atom. The van der Waals surface area contributed by atoms with E-state index in [0.717, 1.165) is 16.8 Å². The van der Waals surface area contributed by atoms with Gasteiger partial charge in [0.15, 0.2) is 0 Å². The molecule has 0 saturated carbocycles. The molecule has 2 N–H and O–H groups in total. The standard InChI is InChI=1S/C19H23N3O3/c1-14(19(24)25)22(11-10-20-15(2)23)13-16-6-5-7-17(12-16)18-8-3-4-9-21-18/h3-9,12,14H,10-11,13H2,1-2H3,(H,20,23)(H,24,25). The third-order valence-corrected chi connectivity index (χ3v) is 3.95. The molecule has 0 spiro atoms. The van der Waals surface area contributed by atoms with Gasteiger partial charge in [-0.15, -0.1) is 0 Å². The number of rotatable bonds is 8. The van der Waals surface area contributed by atoms with Gasteiger partial charge in [0.2, 0.25) is 5.91 Å². The predicted molar refractivity (Wildman–Crippen MR) is 95.9 cm³/mol. The molecule has 1 unspecified atom stereocenters. The number of carbonyl (C=O) groups excluding carboxylic acids is 1. The van der Waals surface area contributed by atoms with E-state index in [1.807, 2.05) is 47.4 Å². The summed E-state index contributed by atoms with van der Waals surface area (Å²) in [4.78, 5) is 28.6. The van der Waals surface area contributed by atoms with Gasteiger partial charge in [-0.1, -0.05) is 24.3 Å². The van der Waals surface area contributed by atoms with Crippen LogP contribution in [0.15, 0.2) is 48.7 Å². The number of pyridine rings is 1. The Balaban J connectivity index is 2.14. The molecule has 6 nitrogen and oxygen atoms in total. The Morgan fingerprint density at radius 2 is 2.04 bits per heavy atom. The molecule has 1 heterocycles. The van der Waals surface area contributed by atoms with E-state index in [4.69, 9.17) is 0 Å². The van der Waals surface area contributed by atoms with E-state index in [1.165, 1.54) is 6.92 Å². The number of nitrogens with one attached hydrogen (secondary N) is 1. The van der Waals surface area contributed by atoms with Crippen molar-refractivity contribution in [2.45, 2.75) is 26.4 Å². The van der Waals surface area contributed by atoms with Crippen LogP contribution in [0.4, 0.5) is 0 Å². The fourth-order valence-corrected chi connectivity index (χ4v) is 2.54. The second-order valence-electron chi connectivity index (χ2n) is 5.88. The lowest BCUT2D eigenvalue weighted by Crippen LogP contribution is -2.42. The lowest BCUT2D eigenvalue weighted by Gasteiger charge is -2.26. The fourth-order valence-electron chi connectivity index (χ4n) is 2.54. The highest BCUT2D eigenvalue weighted by molar-refractivity contribution is 5.73. The molecule has 132 valence electrons. The molecule has 0 saturated heterocycles. The average Bonchev–Trinajstić information content (AvgIpc) is 2.61. The molecule has 1 atom stereocenters. The van der Waals surface area contributed by atoms with E-state index in [2.05, 4.69) is 10.3 Å². The van der Waals surface area contributed by atoms with Crippen molar-refractivity contribution in [3.63, 3.8) is 0 Å². The molecule has 1 aromatic heterocycles. The van der Waals surface area contributed by atoms with Gasteiger partial charge in [-0.05, 0) is 30.7 Å². The first kappa shape index (κ1) is 18.6. The van der Waals surface area contributed by atoms with Crippen molar-refractivity contribution in [2.75, 3.05) is 13.1 Å². The first-order valence-electron chi connectivity index (χ1n) is 8.19. The number of carbonyl (C=O) groups is 2. The van der Waals surface area contributed by atoms with Crippen LogP contribution in [0.2, 0.25) is 0 Å². The second-order valence-corrected chi connectivity index (χ2v) is 5.88. The zero-order valence-electron chi connectivity index (χ0n) is 14.5. The van der Waals surface area contributed by atoms with Crippen LogP contribution in [-0.4, -0.2) is 46.0 Å². The molecule has 0 radical (unpaired) electrons. The summed E-state index contributed by atoms with van der Waals surface area (Å²) in [6.07, 6.45) is 1.74. The quantitative estimate of drug-likeness (QED) is 0.769. The average molecular weight is 341 g/mol. The van der Waals surface area contributed by atoms with Crippen molar-refractivity contribution < 1.29 is 14.7 Å². The van der Waals surface area contributed by atoms with Crippen molar-refractivity contribution in [2.24, 2.45) is 0 Å². The van der Waals surface area contributed by atoms with Crippen molar-refractivity contribution in [1.29, 1.82) is 0 Å². The number of benzene rings is 1. The summed E-state index contributed by atoms with van der Waals surface area (Å²) in [7, 11) is 0. The van der Waals surface area contributed by atoms with E-state index < -0.39 is 12.0 Å². The third kappa shape index (κ3) is 5.69. The minimum Gasteiger partial charge on any atom is -0.480 e. The number of hydrogen-bond donors (Lipinski definition) is 2. The van der Waals surface area contributed by atoms with Gasteiger partial charge < -0.3 is 10.4 Å². The highest BCUT2D eigenvalue weighted by Crippen LogP contribution is 2.19. The minimum absolute atomic E-state index is 0.125. The highest BCUT2D eigenvalue weighted by atomic mass is 16.4. The van der Waals surface area contributed by atoms with E-state index in [-0.39, 0.29) is 5.91 Å². The number of aliphatic carboxylic acids is 1. The first-order chi connectivity index (χ1) is 12.0. The van der Waals surface area contributed by atoms with Crippen LogP contribution in [-0.2, 0) is 16.1 Å². The number of aromatic nitrogens is 1. The molecule has 1 aromatic carbocycles. The number of amides is 1. The summed E-state index contributed by atoms with van der Waals surface area (Å²) in [5, 5.41) is 12.0. The Kier molecular flexibility index (Phi) is 6.65. The maximum Gasteiger partial charge on any atom is 0.320 e. The zero-order valence-corrected chi connectivity index (χ0v) is 14.5. The molecular formula is C19H23N3O3. The molecule has 6 heteroatoms. The monoisotopic (exact) mass is 341 g/mol. The summed E-state index contributed by atoms with van der Waals surface area (Å²) < 4.78 is 0. The van der Waals surface area contributed by atoms with E-state index >= 15 is 0 Å². The second kappa shape index (κ2) is 8.94. The molecular weight excluding hydrogens is 318 g/mol. The summed E-state index contributed by atoms with van der Waals surface area (Å²) in [5.41, 5.74) is 2.86. The topological polar surface area (TPSA) is 82.5 Å². The Morgan fingerprint density at radius 1 is 1.24 bits per heavy atom. The van der Waals surface area contributed by atoms with Crippen molar-refractivity contribution in [1.82, 2.24) is 15.2 Å². The van der Waals surface area contributed by atoms with Gasteiger partial charge in [0, 0.05) is 38.3 Å². The number of carboxylic acid groups (broad SMARTS) is 1. The molecule has 25 heavy (non-hydrogen) atoms. The summed E-state index contributed by atoms with van der Waals surface area (Å²) in [5.74, 6) is -1.01. The van der Waals surface area contributed by atoms with Crippen LogP contribution in [0.25, 0.3) is 11.3 Å². The third-order valence-electron chi connectivity index (χ3n) is 3.95. The van der Waals surface area contributed by atoms with Crippen LogP contribution in [0.1, 0.15) is 19.4 Å². The van der Waals surface area contributed by atoms with E-state index in [0.29, 0.717) is 19.6 Å². The van der Waals surface area contributed by atoms with E-state index in [1.54, 1.807) is 13.1 Å². The normalized spacial score (nSPS) is 12.0. The van der Waals surface area contributed by atoms with Crippen LogP contribution >= 0.6 is 0 Å². The molecule has 1 amide bonds. The van der Waals surface area contributed by atoms with Crippen molar-refractivity contribution in [3.05, 3.63) is 54.2 Å². The van der Waals surface area contributed by atoms with Gasteiger partial charge in [0.1, 0.15) is 6.04 Å². The van der Waals surface area contributed by atoms with Crippen LogP contribution in [0.5, 0.6) is 0 Å². The SMILES string of the molecule is CC(=O)NCCN(Cc1cccc(-c2ccccn2)c1)C(C)C(=O)O. The van der Waals surface area contributed by atoms with Crippen LogP contribution in [0, 0.1) is 0 Å². The number of hydrogen-bond acceptors (Lipinski definition) is 4. The molecule has 0 fully saturated rings. The number of carboxylic acids is 1. The van der Waals surface area contributed by atoms with Gasteiger partial charge in [0.05, 0.1) is 5.69 Å². The summed E-state index contributed by atoms with van der Waals surface area (Å²) >= 11 is 0. The maximum atomic E-state index is 11.4. The van der Waals surface area contributed by atoms with Gasteiger partial charge in [0.25, 0.3) is 0 Å².